The quantitative estimate of drug-likeness (QED) is 0.750. The molecule has 0 spiro atoms. The number of aromatic nitrogens is 3. The molecule has 1 unspecified atom stereocenters. The summed E-state index contributed by atoms with van der Waals surface area (Å²) in [5.74, 6) is 0.864. The summed E-state index contributed by atoms with van der Waals surface area (Å²) < 4.78 is 1.81. The molecule has 1 heterocycles. The fourth-order valence-electron chi connectivity index (χ4n) is 1.07. The summed E-state index contributed by atoms with van der Waals surface area (Å²) in [4.78, 5) is 4.10. The van der Waals surface area contributed by atoms with Gasteiger partial charge in [0.2, 0.25) is 0 Å². The van der Waals surface area contributed by atoms with Gasteiger partial charge in [-0.2, -0.15) is 10.4 Å². The molecule has 0 saturated heterocycles. The third kappa shape index (κ3) is 2.52. The second-order valence-electron chi connectivity index (χ2n) is 2.68. The van der Waals surface area contributed by atoms with Gasteiger partial charge in [0, 0.05) is 18.3 Å². The van der Waals surface area contributed by atoms with Crippen LogP contribution >= 0.6 is 15.9 Å². The van der Waals surface area contributed by atoms with Crippen molar-refractivity contribution in [3.8, 4) is 6.07 Å². The third-order valence-corrected chi connectivity index (χ3v) is 2.57. The SMILES string of the molecule is CCn1ncnc1CC(C#N)CBr. The smallest absolute Gasteiger partial charge is 0.138 e. The highest BCUT2D eigenvalue weighted by atomic mass is 79.9. The molecule has 0 aliphatic carbocycles. The van der Waals surface area contributed by atoms with Crippen molar-refractivity contribution in [3.05, 3.63) is 12.2 Å². The molecule has 0 aromatic carbocycles. The van der Waals surface area contributed by atoms with E-state index in [9.17, 15) is 0 Å². The van der Waals surface area contributed by atoms with Gasteiger partial charge in [-0.1, -0.05) is 15.9 Å². The molecule has 0 fully saturated rings. The topological polar surface area (TPSA) is 54.5 Å². The van der Waals surface area contributed by atoms with Crippen LogP contribution in [-0.4, -0.2) is 20.1 Å². The van der Waals surface area contributed by atoms with Gasteiger partial charge in [-0.05, 0) is 6.92 Å². The van der Waals surface area contributed by atoms with Crippen molar-refractivity contribution < 1.29 is 0 Å². The Bertz CT molecular complexity index is 301. The summed E-state index contributed by atoms with van der Waals surface area (Å²) >= 11 is 3.29. The molecule has 1 aromatic heterocycles. The molecule has 0 aliphatic rings. The highest BCUT2D eigenvalue weighted by Crippen LogP contribution is 2.07. The number of rotatable bonds is 4. The van der Waals surface area contributed by atoms with Crippen LogP contribution in [0.5, 0.6) is 0 Å². The standard InChI is InChI=1S/C8H11BrN4/c1-2-13-8(11-6-12-13)3-7(4-9)5-10/h6-7H,2-4H2,1H3. The van der Waals surface area contributed by atoms with E-state index >= 15 is 0 Å². The average molecular weight is 243 g/mol. The van der Waals surface area contributed by atoms with Gasteiger partial charge >= 0.3 is 0 Å². The highest BCUT2D eigenvalue weighted by molar-refractivity contribution is 9.09. The van der Waals surface area contributed by atoms with E-state index in [1.807, 2.05) is 11.6 Å². The predicted molar refractivity (Wildman–Crippen MR) is 52.3 cm³/mol. The summed E-state index contributed by atoms with van der Waals surface area (Å²) in [6.45, 7) is 2.81. The van der Waals surface area contributed by atoms with Gasteiger partial charge in [-0.3, -0.25) is 4.68 Å². The zero-order chi connectivity index (χ0) is 9.68. The average Bonchev–Trinajstić information content (AvgIpc) is 2.61. The Labute approximate surface area is 85.7 Å². The number of halogens is 1. The lowest BCUT2D eigenvalue weighted by Gasteiger charge is -2.04. The molecule has 4 nitrogen and oxygen atoms in total. The van der Waals surface area contributed by atoms with Crippen LogP contribution in [0.25, 0.3) is 0 Å². The summed E-state index contributed by atoms with van der Waals surface area (Å²) in [5.41, 5.74) is 0. The molecule has 13 heavy (non-hydrogen) atoms. The molecular weight excluding hydrogens is 232 g/mol. The van der Waals surface area contributed by atoms with E-state index < -0.39 is 0 Å². The van der Waals surface area contributed by atoms with E-state index in [0.29, 0.717) is 11.8 Å². The van der Waals surface area contributed by atoms with Crippen molar-refractivity contribution in [1.29, 1.82) is 5.26 Å². The Balaban J connectivity index is 2.68. The van der Waals surface area contributed by atoms with E-state index in [4.69, 9.17) is 5.26 Å². The van der Waals surface area contributed by atoms with Crippen molar-refractivity contribution in [1.82, 2.24) is 14.8 Å². The van der Waals surface area contributed by atoms with Crippen LogP contribution in [0.2, 0.25) is 0 Å². The first-order chi connectivity index (χ1) is 6.31. The Kier molecular flexibility index (Phi) is 3.90. The zero-order valence-electron chi connectivity index (χ0n) is 7.44. The van der Waals surface area contributed by atoms with Gasteiger partial charge in [-0.15, -0.1) is 0 Å². The number of alkyl halides is 1. The predicted octanol–water partition coefficient (Wildman–Crippen LogP) is 1.38. The summed E-state index contributed by atoms with van der Waals surface area (Å²) in [7, 11) is 0. The van der Waals surface area contributed by atoms with Crippen LogP contribution < -0.4 is 0 Å². The van der Waals surface area contributed by atoms with Gasteiger partial charge in [-0.25, -0.2) is 4.98 Å². The molecule has 1 rings (SSSR count). The Hall–Kier alpha value is -0.890. The number of nitriles is 1. The Morgan fingerprint density at radius 3 is 3.08 bits per heavy atom. The Morgan fingerprint density at radius 2 is 2.54 bits per heavy atom. The lowest BCUT2D eigenvalue weighted by atomic mass is 10.1. The van der Waals surface area contributed by atoms with Crippen molar-refractivity contribution >= 4 is 15.9 Å². The molecule has 0 radical (unpaired) electrons. The molecule has 0 bridgehead atoms. The largest absolute Gasteiger partial charge is 0.250 e. The maximum absolute atomic E-state index is 8.75. The van der Waals surface area contributed by atoms with Crippen LogP contribution in [0.1, 0.15) is 12.7 Å². The summed E-state index contributed by atoms with van der Waals surface area (Å²) in [5, 5.41) is 13.5. The fourth-order valence-corrected chi connectivity index (χ4v) is 1.44. The van der Waals surface area contributed by atoms with Crippen LogP contribution in [-0.2, 0) is 13.0 Å². The van der Waals surface area contributed by atoms with Gasteiger partial charge in [0.1, 0.15) is 12.2 Å². The van der Waals surface area contributed by atoms with Crippen molar-refractivity contribution in [2.45, 2.75) is 19.9 Å². The lowest BCUT2D eigenvalue weighted by molar-refractivity contribution is 0.586. The number of nitrogens with zero attached hydrogens (tertiary/aromatic N) is 4. The van der Waals surface area contributed by atoms with Crippen molar-refractivity contribution in [2.24, 2.45) is 5.92 Å². The van der Waals surface area contributed by atoms with Crippen LogP contribution in [0, 0.1) is 17.2 Å². The van der Waals surface area contributed by atoms with Crippen molar-refractivity contribution in [2.75, 3.05) is 5.33 Å². The van der Waals surface area contributed by atoms with E-state index in [1.165, 1.54) is 6.33 Å². The maximum atomic E-state index is 8.75. The van der Waals surface area contributed by atoms with Gasteiger partial charge in [0.25, 0.3) is 0 Å². The minimum atomic E-state index is -0.0190. The van der Waals surface area contributed by atoms with E-state index in [0.717, 1.165) is 12.4 Å². The number of hydrogen-bond donors (Lipinski definition) is 0. The number of aryl methyl sites for hydroxylation is 1. The van der Waals surface area contributed by atoms with E-state index in [-0.39, 0.29) is 5.92 Å². The molecule has 0 saturated carbocycles. The fraction of sp³-hybridized carbons (Fsp3) is 0.625. The zero-order valence-corrected chi connectivity index (χ0v) is 9.03. The van der Waals surface area contributed by atoms with Gasteiger partial charge < -0.3 is 0 Å². The first-order valence-corrected chi connectivity index (χ1v) is 5.26. The van der Waals surface area contributed by atoms with Crippen molar-refractivity contribution in [3.63, 3.8) is 0 Å². The Morgan fingerprint density at radius 1 is 1.77 bits per heavy atom. The van der Waals surface area contributed by atoms with Crippen LogP contribution in [0.4, 0.5) is 0 Å². The monoisotopic (exact) mass is 242 g/mol. The molecule has 5 heteroatoms. The van der Waals surface area contributed by atoms with Gasteiger partial charge in [0.05, 0.1) is 12.0 Å². The van der Waals surface area contributed by atoms with Crippen LogP contribution in [0.15, 0.2) is 6.33 Å². The first-order valence-electron chi connectivity index (χ1n) is 4.14. The summed E-state index contributed by atoms with van der Waals surface area (Å²) in [6, 6.07) is 2.21. The normalized spacial score (nSPS) is 12.4. The van der Waals surface area contributed by atoms with E-state index in [2.05, 4.69) is 32.1 Å². The first kappa shape index (κ1) is 10.2. The molecule has 1 aromatic rings. The second kappa shape index (κ2) is 4.97. The molecule has 0 N–H and O–H groups in total. The third-order valence-electron chi connectivity index (χ3n) is 1.79. The second-order valence-corrected chi connectivity index (χ2v) is 3.32. The molecule has 0 amide bonds. The summed E-state index contributed by atoms with van der Waals surface area (Å²) in [6.07, 6.45) is 2.19. The minimum Gasteiger partial charge on any atom is -0.250 e. The molecule has 1 atom stereocenters. The van der Waals surface area contributed by atoms with E-state index in [1.54, 1.807) is 0 Å². The highest BCUT2D eigenvalue weighted by Gasteiger charge is 2.10. The maximum Gasteiger partial charge on any atom is 0.138 e. The van der Waals surface area contributed by atoms with Crippen LogP contribution in [0.3, 0.4) is 0 Å². The minimum absolute atomic E-state index is 0.0190. The molecule has 0 aliphatic heterocycles. The van der Waals surface area contributed by atoms with Gasteiger partial charge in [0.15, 0.2) is 0 Å². The molecule has 70 valence electrons. The molecular formula is C8H11BrN4. The lowest BCUT2D eigenvalue weighted by Crippen LogP contribution is -2.10. The number of hydrogen-bond acceptors (Lipinski definition) is 3.